The summed E-state index contributed by atoms with van der Waals surface area (Å²) in [6, 6.07) is -0.994. The van der Waals surface area contributed by atoms with E-state index < -0.39 is 23.7 Å². The summed E-state index contributed by atoms with van der Waals surface area (Å²) >= 11 is 0. The summed E-state index contributed by atoms with van der Waals surface area (Å²) in [4.78, 5) is 26.8. The van der Waals surface area contributed by atoms with E-state index in [4.69, 9.17) is 9.84 Å². The van der Waals surface area contributed by atoms with Crippen LogP contribution in [0.15, 0.2) is 12.4 Å². The summed E-state index contributed by atoms with van der Waals surface area (Å²) in [5, 5.41) is 11.5. The highest BCUT2D eigenvalue weighted by Crippen LogP contribution is 2.08. The number of hydrogen-bond acceptors (Lipinski definition) is 4. The van der Waals surface area contributed by atoms with Crippen molar-refractivity contribution < 1.29 is 19.4 Å². The number of carboxylic acids is 1. The first kappa shape index (κ1) is 16.0. The molecule has 0 bridgehead atoms. The van der Waals surface area contributed by atoms with Crippen LogP contribution in [-0.2, 0) is 16.1 Å². The highest BCUT2D eigenvalue weighted by atomic mass is 16.6. The monoisotopic (exact) mass is 283 g/mol. The fourth-order valence-electron chi connectivity index (χ4n) is 1.62. The third kappa shape index (κ3) is 5.29. The van der Waals surface area contributed by atoms with E-state index in [1.165, 1.54) is 0 Å². The van der Waals surface area contributed by atoms with Crippen LogP contribution < -0.4 is 5.32 Å². The van der Waals surface area contributed by atoms with Crippen LogP contribution in [0, 0.1) is 6.92 Å². The van der Waals surface area contributed by atoms with Crippen LogP contribution in [0.5, 0.6) is 0 Å². The van der Waals surface area contributed by atoms with Crippen LogP contribution in [0.4, 0.5) is 4.79 Å². The van der Waals surface area contributed by atoms with Gasteiger partial charge >= 0.3 is 12.1 Å². The number of aliphatic carboxylic acids is 1. The number of nitrogens with zero attached hydrogens (tertiary/aromatic N) is 2. The maximum absolute atomic E-state index is 11.6. The summed E-state index contributed by atoms with van der Waals surface area (Å²) in [5.41, 5.74) is -0.659. The fourth-order valence-corrected chi connectivity index (χ4v) is 1.62. The van der Waals surface area contributed by atoms with Crippen LogP contribution in [0.2, 0.25) is 0 Å². The molecule has 0 aliphatic carbocycles. The van der Waals surface area contributed by atoms with E-state index in [-0.39, 0.29) is 6.42 Å². The number of amides is 1. The Bertz CT molecular complexity index is 476. The quantitative estimate of drug-likeness (QED) is 0.855. The number of ether oxygens (including phenoxy) is 1. The highest BCUT2D eigenvalue weighted by molar-refractivity contribution is 5.79. The van der Waals surface area contributed by atoms with Crippen LogP contribution in [0.1, 0.15) is 33.0 Å². The van der Waals surface area contributed by atoms with Crippen LogP contribution in [0.3, 0.4) is 0 Å². The average Bonchev–Trinajstić information content (AvgIpc) is 2.67. The number of carboxylic acid groups (broad SMARTS) is 1. The molecule has 20 heavy (non-hydrogen) atoms. The molecule has 1 unspecified atom stereocenters. The lowest BCUT2D eigenvalue weighted by Gasteiger charge is -2.22. The topological polar surface area (TPSA) is 93.5 Å². The van der Waals surface area contributed by atoms with E-state index in [2.05, 4.69) is 10.3 Å². The lowest BCUT2D eigenvalue weighted by Crippen LogP contribution is -2.44. The summed E-state index contributed by atoms with van der Waals surface area (Å²) in [6.07, 6.45) is 2.94. The van der Waals surface area contributed by atoms with Crippen molar-refractivity contribution in [3.05, 3.63) is 18.2 Å². The van der Waals surface area contributed by atoms with Gasteiger partial charge in [-0.1, -0.05) is 0 Å². The minimum absolute atomic E-state index is 0.256. The van der Waals surface area contributed by atoms with E-state index in [0.29, 0.717) is 6.54 Å². The molecule has 1 atom stereocenters. The van der Waals surface area contributed by atoms with E-state index in [0.717, 1.165) is 5.82 Å². The Morgan fingerprint density at radius 3 is 2.60 bits per heavy atom. The maximum atomic E-state index is 11.6. The molecule has 7 nitrogen and oxygen atoms in total. The highest BCUT2D eigenvalue weighted by Gasteiger charge is 2.23. The molecule has 7 heteroatoms. The first-order valence-electron chi connectivity index (χ1n) is 6.39. The SMILES string of the molecule is Cc1nccn1CCC(NC(=O)OC(C)(C)C)C(=O)O. The molecule has 0 aromatic carbocycles. The van der Waals surface area contributed by atoms with Crippen LogP contribution in [-0.4, -0.2) is 38.4 Å². The Kier molecular flexibility index (Phi) is 5.12. The summed E-state index contributed by atoms with van der Waals surface area (Å²) in [7, 11) is 0. The summed E-state index contributed by atoms with van der Waals surface area (Å²) in [6.45, 7) is 7.45. The normalized spacial score (nSPS) is 12.8. The van der Waals surface area contributed by atoms with Gasteiger partial charge in [-0.05, 0) is 34.1 Å². The molecule has 0 fully saturated rings. The third-order valence-corrected chi connectivity index (χ3v) is 2.57. The molecule has 0 spiro atoms. The molecule has 1 aromatic rings. The van der Waals surface area contributed by atoms with Gasteiger partial charge in [-0.25, -0.2) is 14.6 Å². The average molecular weight is 283 g/mol. The molecular weight excluding hydrogens is 262 g/mol. The standard InChI is InChI=1S/C13H21N3O4/c1-9-14-6-8-16(9)7-5-10(11(17)18)15-12(19)20-13(2,3)4/h6,8,10H,5,7H2,1-4H3,(H,15,19)(H,17,18). The molecular formula is C13H21N3O4. The Morgan fingerprint density at radius 2 is 2.15 bits per heavy atom. The van der Waals surface area contributed by atoms with Crippen LogP contribution >= 0.6 is 0 Å². The largest absolute Gasteiger partial charge is 0.480 e. The van der Waals surface area contributed by atoms with Gasteiger partial charge in [0.1, 0.15) is 17.5 Å². The Balaban J connectivity index is 2.55. The second-order valence-corrected chi connectivity index (χ2v) is 5.49. The third-order valence-electron chi connectivity index (χ3n) is 2.57. The zero-order valence-corrected chi connectivity index (χ0v) is 12.2. The van der Waals surface area contributed by atoms with E-state index in [1.54, 1.807) is 33.2 Å². The van der Waals surface area contributed by atoms with Gasteiger partial charge in [-0.15, -0.1) is 0 Å². The van der Waals surface area contributed by atoms with Crippen molar-refractivity contribution in [1.82, 2.24) is 14.9 Å². The molecule has 1 amide bonds. The molecule has 1 aromatic heterocycles. The number of nitrogens with one attached hydrogen (secondary N) is 1. The lowest BCUT2D eigenvalue weighted by atomic mass is 10.2. The molecule has 0 saturated carbocycles. The van der Waals surface area contributed by atoms with Gasteiger partial charge in [0.2, 0.25) is 0 Å². The number of aryl methyl sites for hydroxylation is 2. The zero-order chi connectivity index (χ0) is 15.3. The Morgan fingerprint density at radius 1 is 1.50 bits per heavy atom. The molecule has 2 N–H and O–H groups in total. The number of hydrogen-bond donors (Lipinski definition) is 2. The number of imidazole rings is 1. The Labute approximate surface area is 118 Å². The predicted molar refractivity (Wildman–Crippen MR) is 72.4 cm³/mol. The Hall–Kier alpha value is -2.05. The first-order chi connectivity index (χ1) is 9.19. The van der Waals surface area contributed by atoms with E-state index in [9.17, 15) is 9.59 Å². The fraction of sp³-hybridized carbons (Fsp3) is 0.615. The maximum Gasteiger partial charge on any atom is 0.408 e. The number of rotatable bonds is 5. The second-order valence-electron chi connectivity index (χ2n) is 5.49. The van der Waals surface area contributed by atoms with E-state index in [1.807, 2.05) is 11.5 Å². The van der Waals surface area contributed by atoms with Crippen molar-refractivity contribution in [2.75, 3.05) is 0 Å². The van der Waals surface area contributed by atoms with Crippen molar-refractivity contribution >= 4 is 12.1 Å². The van der Waals surface area contributed by atoms with Crippen molar-refractivity contribution in [2.45, 2.75) is 52.3 Å². The van der Waals surface area contributed by atoms with Crippen molar-refractivity contribution in [3.8, 4) is 0 Å². The zero-order valence-electron chi connectivity index (χ0n) is 12.2. The summed E-state index contributed by atoms with van der Waals surface area (Å²) in [5.74, 6) is -0.292. The number of carbonyl (C=O) groups is 2. The predicted octanol–water partition coefficient (Wildman–Crippen LogP) is 1.56. The smallest absolute Gasteiger partial charge is 0.408 e. The van der Waals surface area contributed by atoms with Gasteiger partial charge in [-0.3, -0.25) is 0 Å². The molecule has 1 rings (SSSR count). The number of aromatic nitrogens is 2. The molecule has 0 radical (unpaired) electrons. The van der Waals surface area contributed by atoms with Gasteiger partial charge in [0.15, 0.2) is 0 Å². The van der Waals surface area contributed by atoms with Gasteiger partial charge in [-0.2, -0.15) is 0 Å². The lowest BCUT2D eigenvalue weighted by molar-refractivity contribution is -0.139. The molecule has 112 valence electrons. The van der Waals surface area contributed by atoms with Gasteiger partial charge in [0, 0.05) is 18.9 Å². The molecule has 0 aliphatic heterocycles. The summed E-state index contributed by atoms with van der Waals surface area (Å²) < 4.78 is 6.87. The molecule has 0 aliphatic rings. The number of alkyl carbamates (subject to hydrolysis) is 1. The van der Waals surface area contributed by atoms with Gasteiger partial charge in [0.05, 0.1) is 0 Å². The van der Waals surface area contributed by atoms with E-state index >= 15 is 0 Å². The van der Waals surface area contributed by atoms with Gasteiger partial charge < -0.3 is 19.7 Å². The second kappa shape index (κ2) is 6.40. The minimum atomic E-state index is -1.09. The van der Waals surface area contributed by atoms with Crippen molar-refractivity contribution in [1.29, 1.82) is 0 Å². The van der Waals surface area contributed by atoms with Crippen LogP contribution in [0.25, 0.3) is 0 Å². The molecule has 1 heterocycles. The number of carbonyl (C=O) groups excluding carboxylic acids is 1. The van der Waals surface area contributed by atoms with Gasteiger partial charge in [0.25, 0.3) is 0 Å². The minimum Gasteiger partial charge on any atom is -0.480 e. The first-order valence-corrected chi connectivity index (χ1v) is 6.39. The van der Waals surface area contributed by atoms with Crippen molar-refractivity contribution in [2.24, 2.45) is 0 Å². The molecule has 0 saturated heterocycles. The van der Waals surface area contributed by atoms with Crippen molar-refractivity contribution in [3.63, 3.8) is 0 Å².